The van der Waals surface area contributed by atoms with Gasteiger partial charge in [0.2, 0.25) is 0 Å². The van der Waals surface area contributed by atoms with Crippen LogP contribution in [0.3, 0.4) is 0 Å². The first kappa shape index (κ1) is 15.8. The Kier molecular flexibility index (Phi) is 5.00. The van der Waals surface area contributed by atoms with Crippen LogP contribution >= 0.6 is 11.8 Å². The van der Waals surface area contributed by atoms with Crippen molar-refractivity contribution in [3.8, 4) is 0 Å². The molecule has 0 spiro atoms. The monoisotopic (exact) mass is 326 g/mol. The van der Waals surface area contributed by atoms with Crippen molar-refractivity contribution in [3.05, 3.63) is 30.0 Å². The highest BCUT2D eigenvalue weighted by molar-refractivity contribution is 7.98. The first-order chi connectivity index (χ1) is 10.7. The Morgan fingerprint density at radius 2 is 2.32 bits per heavy atom. The molecule has 2 aromatic rings. The maximum atomic E-state index is 12.2. The molecule has 1 atom stereocenters. The number of H-pyrrole nitrogens is 1. The molecule has 3 rings (SSSR count). The molecular weight excluding hydrogens is 306 g/mol. The Bertz CT molecular complexity index is 632. The fourth-order valence-corrected chi connectivity index (χ4v) is 3.47. The molecule has 0 amide bonds. The third-order valence-corrected chi connectivity index (χ3v) is 4.92. The number of aromatic amines is 1. The van der Waals surface area contributed by atoms with Gasteiger partial charge in [0.05, 0.1) is 6.10 Å². The van der Waals surface area contributed by atoms with E-state index in [0.29, 0.717) is 13.0 Å². The van der Waals surface area contributed by atoms with Gasteiger partial charge >= 0.3 is 6.61 Å². The molecule has 0 aliphatic carbocycles. The number of likely N-dealkylation sites (tertiary alicyclic amines) is 1. The zero-order chi connectivity index (χ0) is 15.5. The van der Waals surface area contributed by atoms with Crippen molar-refractivity contribution >= 4 is 22.7 Å². The number of benzene rings is 1. The SMILES string of the molecule is CSc1ccc2[nH]cc(CCN3CC[C@@H](OC(F)F)C3)c2c1. The molecule has 0 radical (unpaired) electrons. The van der Waals surface area contributed by atoms with E-state index in [1.54, 1.807) is 11.8 Å². The minimum Gasteiger partial charge on any atom is -0.361 e. The van der Waals surface area contributed by atoms with Gasteiger partial charge in [0.15, 0.2) is 0 Å². The van der Waals surface area contributed by atoms with Gasteiger partial charge in [-0.25, -0.2) is 0 Å². The molecule has 1 aromatic carbocycles. The Morgan fingerprint density at radius 1 is 1.45 bits per heavy atom. The van der Waals surface area contributed by atoms with Crippen molar-refractivity contribution in [1.29, 1.82) is 0 Å². The van der Waals surface area contributed by atoms with E-state index in [-0.39, 0.29) is 6.10 Å². The molecule has 1 aliphatic heterocycles. The largest absolute Gasteiger partial charge is 0.361 e. The molecule has 6 heteroatoms. The minimum atomic E-state index is -2.66. The van der Waals surface area contributed by atoms with E-state index < -0.39 is 6.61 Å². The van der Waals surface area contributed by atoms with Gasteiger partial charge in [-0.05, 0) is 42.9 Å². The van der Waals surface area contributed by atoms with E-state index in [2.05, 4.69) is 45.3 Å². The Labute approximate surface area is 133 Å². The predicted octanol–water partition coefficient (Wildman–Crippen LogP) is 3.75. The summed E-state index contributed by atoms with van der Waals surface area (Å²) >= 11 is 1.73. The van der Waals surface area contributed by atoms with Crippen LogP contribution < -0.4 is 0 Å². The first-order valence-electron chi connectivity index (χ1n) is 7.45. The van der Waals surface area contributed by atoms with Crippen LogP contribution in [0.25, 0.3) is 10.9 Å². The van der Waals surface area contributed by atoms with E-state index in [4.69, 9.17) is 0 Å². The van der Waals surface area contributed by atoms with Crippen molar-refractivity contribution in [2.75, 3.05) is 25.9 Å². The van der Waals surface area contributed by atoms with E-state index in [1.807, 2.05) is 0 Å². The van der Waals surface area contributed by atoms with Crippen LogP contribution in [-0.2, 0) is 11.2 Å². The number of nitrogens with zero attached hydrogens (tertiary/aromatic N) is 1. The summed E-state index contributed by atoms with van der Waals surface area (Å²) in [6.45, 7) is -0.360. The molecule has 120 valence electrons. The fraction of sp³-hybridized carbons (Fsp3) is 0.500. The Hall–Kier alpha value is -1.11. The summed E-state index contributed by atoms with van der Waals surface area (Å²) in [4.78, 5) is 6.75. The van der Waals surface area contributed by atoms with E-state index in [0.717, 1.165) is 25.0 Å². The number of ether oxygens (including phenoxy) is 1. The third kappa shape index (κ3) is 3.62. The van der Waals surface area contributed by atoms with Crippen molar-refractivity contribution < 1.29 is 13.5 Å². The summed E-state index contributed by atoms with van der Waals surface area (Å²) in [6.07, 6.45) is 5.40. The molecule has 0 saturated carbocycles. The van der Waals surface area contributed by atoms with Crippen LogP contribution in [0.5, 0.6) is 0 Å². The zero-order valence-electron chi connectivity index (χ0n) is 12.5. The number of thioether (sulfide) groups is 1. The van der Waals surface area contributed by atoms with E-state index in [1.165, 1.54) is 15.8 Å². The lowest BCUT2D eigenvalue weighted by molar-refractivity contribution is -0.158. The third-order valence-electron chi connectivity index (χ3n) is 4.20. The van der Waals surface area contributed by atoms with Gasteiger partial charge in [-0.1, -0.05) is 0 Å². The molecule has 1 aromatic heterocycles. The second-order valence-corrected chi connectivity index (χ2v) is 6.46. The number of alkyl halides is 2. The summed E-state index contributed by atoms with van der Waals surface area (Å²) in [7, 11) is 0. The highest BCUT2D eigenvalue weighted by Gasteiger charge is 2.25. The number of aromatic nitrogens is 1. The topological polar surface area (TPSA) is 28.3 Å². The number of fused-ring (bicyclic) bond motifs is 1. The standard InChI is InChI=1S/C16H20F2N2OS/c1-22-13-2-3-15-14(8-13)11(9-19-15)4-6-20-7-5-12(10-20)21-16(17)18/h2-3,8-9,12,16,19H,4-7,10H2,1H3/t12-/m1/s1. The van der Waals surface area contributed by atoms with Crippen molar-refractivity contribution in [1.82, 2.24) is 9.88 Å². The van der Waals surface area contributed by atoms with Gasteiger partial charge < -0.3 is 14.6 Å². The maximum Gasteiger partial charge on any atom is 0.345 e. The minimum absolute atomic E-state index is 0.328. The van der Waals surface area contributed by atoms with Gasteiger partial charge in [0.1, 0.15) is 0 Å². The summed E-state index contributed by atoms with van der Waals surface area (Å²) < 4.78 is 29.0. The highest BCUT2D eigenvalue weighted by atomic mass is 32.2. The molecule has 0 unspecified atom stereocenters. The lowest BCUT2D eigenvalue weighted by Gasteiger charge is -2.15. The molecular formula is C16H20F2N2OS. The van der Waals surface area contributed by atoms with Crippen LogP contribution in [0.15, 0.2) is 29.3 Å². The van der Waals surface area contributed by atoms with Crippen molar-refractivity contribution in [2.45, 2.75) is 30.5 Å². The van der Waals surface area contributed by atoms with Gasteiger partial charge in [0.25, 0.3) is 0 Å². The normalized spacial score (nSPS) is 19.5. The molecule has 22 heavy (non-hydrogen) atoms. The molecule has 3 nitrogen and oxygen atoms in total. The van der Waals surface area contributed by atoms with Gasteiger partial charge in [-0.15, -0.1) is 11.8 Å². The molecule has 1 aliphatic rings. The van der Waals surface area contributed by atoms with Gasteiger partial charge in [-0.2, -0.15) is 8.78 Å². The lowest BCUT2D eigenvalue weighted by Crippen LogP contribution is -2.26. The predicted molar refractivity (Wildman–Crippen MR) is 85.7 cm³/mol. The average Bonchev–Trinajstić information content (AvgIpc) is 3.10. The molecule has 0 bridgehead atoms. The molecule has 1 fully saturated rings. The number of rotatable bonds is 6. The highest BCUT2D eigenvalue weighted by Crippen LogP contribution is 2.25. The number of hydrogen-bond donors (Lipinski definition) is 1. The molecule has 1 N–H and O–H groups in total. The quantitative estimate of drug-likeness (QED) is 0.820. The Balaban J connectivity index is 1.60. The van der Waals surface area contributed by atoms with Crippen molar-refractivity contribution in [3.63, 3.8) is 0 Å². The second-order valence-electron chi connectivity index (χ2n) is 5.58. The van der Waals surface area contributed by atoms with E-state index >= 15 is 0 Å². The van der Waals surface area contributed by atoms with Crippen LogP contribution in [0.4, 0.5) is 8.78 Å². The maximum absolute atomic E-state index is 12.2. The summed E-state index contributed by atoms with van der Waals surface area (Å²) in [5, 5.41) is 1.26. The summed E-state index contributed by atoms with van der Waals surface area (Å²) in [5.41, 5.74) is 2.43. The number of halogens is 2. The molecule has 1 saturated heterocycles. The molecule has 2 heterocycles. The summed E-state index contributed by atoms with van der Waals surface area (Å²) in [6, 6.07) is 6.42. The smallest absolute Gasteiger partial charge is 0.345 e. The fourth-order valence-electron chi connectivity index (χ4n) is 3.03. The first-order valence-corrected chi connectivity index (χ1v) is 8.68. The van der Waals surface area contributed by atoms with E-state index in [9.17, 15) is 8.78 Å². The average molecular weight is 326 g/mol. The van der Waals surface area contributed by atoms with Crippen molar-refractivity contribution in [2.24, 2.45) is 0 Å². The lowest BCUT2D eigenvalue weighted by atomic mass is 10.1. The van der Waals surface area contributed by atoms with Gasteiger partial charge in [0, 0.05) is 41.6 Å². The summed E-state index contributed by atoms with van der Waals surface area (Å²) in [5.74, 6) is 0. The van der Waals surface area contributed by atoms with Crippen LogP contribution in [0.1, 0.15) is 12.0 Å². The zero-order valence-corrected chi connectivity index (χ0v) is 13.3. The van der Waals surface area contributed by atoms with Crippen LogP contribution in [0, 0.1) is 0 Å². The van der Waals surface area contributed by atoms with Crippen LogP contribution in [-0.4, -0.2) is 48.5 Å². The number of nitrogens with one attached hydrogen (secondary N) is 1. The second kappa shape index (κ2) is 6.98. The number of hydrogen-bond acceptors (Lipinski definition) is 3. The van der Waals surface area contributed by atoms with Crippen LogP contribution in [0.2, 0.25) is 0 Å². The Morgan fingerprint density at radius 3 is 3.09 bits per heavy atom. The van der Waals surface area contributed by atoms with Gasteiger partial charge in [-0.3, -0.25) is 0 Å².